The molecule has 4 heterocycles. The average molecular weight is 370 g/mol. The van der Waals surface area contributed by atoms with Crippen molar-refractivity contribution < 1.29 is 9.90 Å². The molecule has 2 aliphatic heterocycles. The van der Waals surface area contributed by atoms with E-state index in [1.807, 2.05) is 17.8 Å². The maximum Gasteiger partial charge on any atom is 0.337 e. The van der Waals surface area contributed by atoms with E-state index in [2.05, 4.69) is 32.2 Å². The predicted octanol–water partition coefficient (Wildman–Crippen LogP) is 1.98. The number of hydrogen-bond donors (Lipinski definition) is 2. The van der Waals surface area contributed by atoms with Crippen molar-refractivity contribution in [2.24, 2.45) is 0 Å². The minimum absolute atomic E-state index is 0.205. The molecule has 2 saturated heterocycles. The minimum atomic E-state index is -0.973. The molecule has 144 valence electrons. The first-order chi connectivity index (χ1) is 13.0. The van der Waals surface area contributed by atoms with Crippen LogP contribution in [0.1, 0.15) is 34.9 Å². The van der Waals surface area contributed by atoms with Crippen molar-refractivity contribution in [1.29, 1.82) is 0 Å². The molecule has 27 heavy (non-hydrogen) atoms. The van der Waals surface area contributed by atoms with E-state index in [0.29, 0.717) is 17.8 Å². The molecule has 0 atom stereocenters. The van der Waals surface area contributed by atoms with Crippen LogP contribution in [0.5, 0.6) is 0 Å². The predicted molar refractivity (Wildman–Crippen MR) is 103 cm³/mol. The van der Waals surface area contributed by atoms with Gasteiger partial charge in [-0.3, -0.25) is 14.6 Å². The molecule has 0 spiro atoms. The highest BCUT2D eigenvalue weighted by molar-refractivity contribution is 5.94. The summed E-state index contributed by atoms with van der Waals surface area (Å²) in [6.45, 7) is 6.51. The standard InChI is InChI=1S/C19H26N6O2/c1-13-18(21-17-9-20-6-3-16(17)19(26)27)12-25(22-13)14-4-7-24(8-5-14)15-10-23(2)11-15/h3,6,9,12,14-15,21H,4-5,7-8,10-11H2,1-2H3,(H,26,27). The van der Waals surface area contributed by atoms with Crippen molar-refractivity contribution in [3.05, 3.63) is 35.9 Å². The molecule has 2 aliphatic rings. The van der Waals surface area contributed by atoms with Crippen LogP contribution in [0.4, 0.5) is 11.4 Å². The number of carboxylic acids is 1. The molecular weight excluding hydrogens is 344 g/mol. The van der Waals surface area contributed by atoms with Gasteiger partial charge in [-0.25, -0.2) is 4.79 Å². The van der Waals surface area contributed by atoms with Gasteiger partial charge in [0, 0.05) is 44.6 Å². The molecule has 0 radical (unpaired) electrons. The second kappa shape index (κ2) is 7.28. The van der Waals surface area contributed by atoms with E-state index in [0.717, 1.165) is 37.3 Å². The third kappa shape index (κ3) is 3.68. The van der Waals surface area contributed by atoms with Crippen LogP contribution in [-0.2, 0) is 0 Å². The van der Waals surface area contributed by atoms with E-state index in [9.17, 15) is 9.90 Å². The van der Waals surface area contributed by atoms with Crippen molar-refractivity contribution in [1.82, 2.24) is 24.6 Å². The van der Waals surface area contributed by atoms with Gasteiger partial charge in [0.15, 0.2) is 0 Å². The zero-order valence-electron chi connectivity index (χ0n) is 15.8. The van der Waals surface area contributed by atoms with Crippen molar-refractivity contribution in [3.63, 3.8) is 0 Å². The third-order valence-electron chi connectivity index (χ3n) is 5.67. The normalized spacial score (nSPS) is 19.8. The fourth-order valence-electron chi connectivity index (χ4n) is 4.03. The first kappa shape index (κ1) is 17.9. The molecule has 2 fully saturated rings. The number of likely N-dealkylation sites (tertiary alicyclic amines) is 2. The van der Waals surface area contributed by atoms with E-state index in [-0.39, 0.29) is 5.56 Å². The highest BCUT2D eigenvalue weighted by atomic mass is 16.4. The van der Waals surface area contributed by atoms with E-state index in [1.165, 1.54) is 31.5 Å². The van der Waals surface area contributed by atoms with Gasteiger partial charge in [-0.15, -0.1) is 0 Å². The molecule has 0 amide bonds. The number of nitrogens with one attached hydrogen (secondary N) is 1. The van der Waals surface area contributed by atoms with Gasteiger partial charge in [0.05, 0.1) is 34.9 Å². The molecule has 2 aromatic rings. The zero-order valence-corrected chi connectivity index (χ0v) is 15.8. The monoisotopic (exact) mass is 370 g/mol. The van der Waals surface area contributed by atoms with Crippen molar-refractivity contribution in [2.45, 2.75) is 31.8 Å². The molecule has 2 N–H and O–H groups in total. The van der Waals surface area contributed by atoms with Gasteiger partial charge in [-0.2, -0.15) is 5.10 Å². The third-order valence-corrected chi connectivity index (χ3v) is 5.67. The SMILES string of the molecule is Cc1nn(C2CCN(C3CN(C)C3)CC2)cc1Nc1cnccc1C(=O)O. The molecule has 0 bridgehead atoms. The van der Waals surface area contributed by atoms with E-state index in [4.69, 9.17) is 0 Å². The van der Waals surface area contributed by atoms with Gasteiger partial charge in [-0.1, -0.05) is 0 Å². The van der Waals surface area contributed by atoms with Crippen LogP contribution < -0.4 is 5.32 Å². The van der Waals surface area contributed by atoms with Gasteiger partial charge >= 0.3 is 5.97 Å². The van der Waals surface area contributed by atoms with Crippen LogP contribution in [0.3, 0.4) is 0 Å². The van der Waals surface area contributed by atoms with Gasteiger partial charge in [0.2, 0.25) is 0 Å². The lowest BCUT2D eigenvalue weighted by Crippen LogP contribution is -2.59. The summed E-state index contributed by atoms with van der Waals surface area (Å²) in [5, 5.41) is 17.2. The summed E-state index contributed by atoms with van der Waals surface area (Å²) in [6, 6.07) is 2.60. The molecule has 0 aliphatic carbocycles. The number of pyridine rings is 1. The second-order valence-corrected chi connectivity index (χ2v) is 7.60. The second-order valence-electron chi connectivity index (χ2n) is 7.60. The van der Waals surface area contributed by atoms with Gasteiger partial charge in [-0.05, 0) is 32.9 Å². The fraction of sp³-hybridized carbons (Fsp3) is 0.526. The Bertz CT molecular complexity index is 821. The van der Waals surface area contributed by atoms with Crippen LogP contribution in [0.15, 0.2) is 24.7 Å². The molecular formula is C19H26N6O2. The highest BCUT2D eigenvalue weighted by Gasteiger charge is 2.32. The number of likely N-dealkylation sites (N-methyl/N-ethyl adjacent to an activating group) is 1. The Kier molecular flexibility index (Phi) is 4.84. The number of anilines is 2. The van der Waals surface area contributed by atoms with Gasteiger partial charge < -0.3 is 15.3 Å². The molecule has 0 saturated carbocycles. The highest BCUT2D eigenvalue weighted by Crippen LogP contribution is 2.29. The smallest absolute Gasteiger partial charge is 0.337 e. The number of rotatable bonds is 5. The van der Waals surface area contributed by atoms with Crippen molar-refractivity contribution in [2.75, 3.05) is 38.5 Å². The summed E-state index contributed by atoms with van der Waals surface area (Å²) >= 11 is 0. The van der Waals surface area contributed by atoms with Crippen LogP contribution in [0, 0.1) is 6.92 Å². The van der Waals surface area contributed by atoms with Crippen molar-refractivity contribution >= 4 is 17.3 Å². The Morgan fingerprint density at radius 1 is 1.22 bits per heavy atom. The van der Waals surface area contributed by atoms with Crippen molar-refractivity contribution in [3.8, 4) is 0 Å². The van der Waals surface area contributed by atoms with Crippen LogP contribution in [-0.4, -0.2) is 74.9 Å². The molecule has 4 rings (SSSR count). The number of hydrogen-bond acceptors (Lipinski definition) is 6. The van der Waals surface area contributed by atoms with Gasteiger partial charge in [0.1, 0.15) is 0 Å². The summed E-state index contributed by atoms with van der Waals surface area (Å²) in [6.07, 6.45) is 7.19. The Balaban J connectivity index is 1.43. The lowest BCUT2D eigenvalue weighted by atomic mass is 10.0. The number of nitrogens with zero attached hydrogens (tertiary/aromatic N) is 5. The lowest BCUT2D eigenvalue weighted by Gasteiger charge is -2.46. The largest absolute Gasteiger partial charge is 0.478 e. The quantitative estimate of drug-likeness (QED) is 0.832. The molecule has 8 nitrogen and oxygen atoms in total. The van der Waals surface area contributed by atoms with E-state index < -0.39 is 5.97 Å². The summed E-state index contributed by atoms with van der Waals surface area (Å²) in [5.41, 5.74) is 2.37. The Morgan fingerprint density at radius 2 is 1.96 bits per heavy atom. The molecule has 0 aromatic carbocycles. The zero-order chi connectivity index (χ0) is 19.0. The maximum absolute atomic E-state index is 11.4. The first-order valence-corrected chi connectivity index (χ1v) is 9.44. The molecule has 8 heteroatoms. The molecule has 2 aromatic heterocycles. The average Bonchev–Trinajstić information content (AvgIpc) is 3.00. The summed E-state index contributed by atoms with van der Waals surface area (Å²) in [7, 11) is 2.17. The number of aromatic carboxylic acids is 1. The number of piperidine rings is 1. The van der Waals surface area contributed by atoms with E-state index >= 15 is 0 Å². The number of carboxylic acid groups (broad SMARTS) is 1. The Hall–Kier alpha value is -2.45. The summed E-state index contributed by atoms with van der Waals surface area (Å²) in [5.74, 6) is -0.973. The van der Waals surface area contributed by atoms with Crippen LogP contribution >= 0.6 is 0 Å². The van der Waals surface area contributed by atoms with Crippen LogP contribution in [0.25, 0.3) is 0 Å². The minimum Gasteiger partial charge on any atom is -0.478 e. The first-order valence-electron chi connectivity index (χ1n) is 9.44. The summed E-state index contributed by atoms with van der Waals surface area (Å²) < 4.78 is 2.04. The van der Waals surface area contributed by atoms with Crippen LogP contribution in [0.2, 0.25) is 0 Å². The maximum atomic E-state index is 11.4. The summed E-state index contributed by atoms with van der Waals surface area (Å²) in [4.78, 5) is 20.4. The Labute approximate surface area is 158 Å². The number of carbonyl (C=O) groups is 1. The Morgan fingerprint density at radius 3 is 2.63 bits per heavy atom. The number of aromatic nitrogens is 3. The number of aryl methyl sites for hydroxylation is 1. The fourth-order valence-corrected chi connectivity index (χ4v) is 4.03. The molecule has 0 unspecified atom stereocenters. The van der Waals surface area contributed by atoms with E-state index in [1.54, 1.807) is 0 Å². The topological polar surface area (TPSA) is 86.5 Å². The van der Waals surface area contributed by atoms with Gasteiger partial charge in [0.25, 0.3) is 0 Å². The lowest BCUT2D eigenvalue weighted by molar-refractivity contribution is 0.0295.